The quantitative estimate of drug-likeness (QED) is 0.815. The Morgan fingerprint density at radius 1 is 1.39 bits per heavy atom. The lowest BCUT2D eigenvalue weighted by atomic mass is 10.2. The van der Waals surface area contributed by atoms with Crippen LogP contribution in [0.25, 0.3) is 0 Å². The molecule has 0 spiro atoms. The van der Waals surface area contributed by atoms with Gasteiger partial charge in [-0.2, -0.15) is 13.2 Å². The molecule has 0 atom stereocenters. The molecular weight excluding hydrogens is 334 g/mol. The van der Waals surface area contributed by atoms with E-state index in [0.29, 0.717) is 10.8 Å². The first-order valence-electron chi connectivity index (χ1n) is 5.15. The number of ether oxygens (including phenoxy) is 1. The van der Waals surface area contributed by atoms with E-state index in [1.54, 1.807) is 6.07 Å². The number of alkyl halides is 3. The molecule has 1 aromatic rings. The Morgan fingerprint density at radius 3 is 2.61 bits per heavy atom. The van der Waals surface area contributed by atoms with E-state index >= 15 is 0 Å². The monoisotopic (exact) mass is 345 g/mol. The van der Waals surface area contributed by atoms with Gasteiger partial charge in [-0.1, -0.05) is 27.5 Å². The van der Waals surface area contributed by atoms with Crippen LogP contribution in [0.3, 0.4) is 0 Å². The fourth-order valence-corrected chi connectivity index (χ4v) is 2.35. The summed E-state index contributed by atoms with van der Waals surface area (Å²) in [4.78, 5) is 0. The molecule has 0 unspecified atom stereocenters. The second kappa shape index (κ2) is 6.63. The molecule has 0 aliphatic rings. The number of aryl methyl sites for hydroxylation is 1. The van der Waals surface area contributed by atoms with Crippen LogP contribution in [0.5, 0.6) is 5.75 Å². The van der Waals surface area contributed by atoms with Crippen molar-refractivity contribution in [1.29, 1.82) is 0 Å². The Kier molecular flexibility index (Phi) is 5.75. The van der Waals surface area contributed by atoms with Crippen molar-refractivity contribution >= 4 is 27.5 Å². The van der Waals surface area contributed by atoms with Gasteiger partial charge >= 0.3 is 6.18 Å². The molecule has 0 bridgehead atoms. The topological polar surface area (TPSA) is 21.3 Å². The van der Waals surface area contributed by atoms with Gasteiger partial charge in [-0.15, -0.1) is 0 Å². The molecule has 0 saturated heterocycles. The maximum atomic E-state index is 11.8. The lowest BCUT2D eigenvalue weighted by molar-refractivity contribution is -0.124. The maximum absolute atomic E-state index is 11.8. The summed E-state index contributed by atoms with van der Waals surface area (Å²) >= 11 is 9.25. The predicted molar refractivity (Wildman–Crippen MR) is 68.3 cm³/mol. The van der Waals surface area contributed by atoms with Gasteiger partial charge in [-0.3, -0.25) is 0 Å². The van der Waals surface area contributed by atoms with Crippen molar-refractivity contribution in [2.45, 2.75) is 13.1 Å². The highest BCUT2D eigenvalue weighted by Crippen LogP contribution is 2.31. The highest BCUT2D eigenvalue weighted by Gasteiger charge is 2.25. The number of rotatable bonds is 5. The SMILES string of the molecule is Cc1cc(Br)cc(Cl)c1OCCNCC(F)(F)F. The van der Waals surface area contributed by atoms with E-state index in [2.05, 4.69) is 21.2 Å². The summed E-state index contributed by atoms with van der Waals surface area (Å²) in [5, 5.41) is 2.67. The van der Waals surface area contributed by atoms with Crippen molar-refractivity contribution in [3.8, 4) is 5.75 Å². The predicted octanol–water partition coefficient (Wildman–Crippen LogP) is 3.94. The zero-order valence-corrected chi connectivity index (χ0v) is 11.9. The van der Waals surface area contributed by atoms with Crippen LogP contribution in [0.4, 0.5) is 13.2 Å². The molecule has 0 radical (unpaired) electrons. The first-order chi connectivity index (χ1) is 8.29. The fraction of sp³-hybridized carbons (Fsp3) is 0.455. The van der Waals surface area contributed by atoms with Gasteiger partial charge in [0.25, 0.3) is 0 Å². The van der Waals surface area contributed by atoms with Crippen molar-refractivity contribution in [2.24, 2.45) is 0 Å². The van der Waals surface area contributed by atoms with Crippen LogP contribution in [0.1, 0.15) is 5.56 Å². The van der Waals surface area contributed by atoms with Gasteiger partial charge < -0.3 is 10.1 Å². The summed E-state index contributed by atoms with van der Waals surface area (Å²) in [6.45, 7) is 1.02. The molecule has 0 saturated carbocycles. The molecule has 102 valence electrons. The molecule has 0 heterocycles. The van der Waals surface area contributed by atoms with Crippen LogP contribution >= 0.6 is 27.5 Å². The Hall–Kier alpha value is -0.460. The van der Waals surface area contributed by atoms with E-state index < -0.39 is 12.7 Å². The Bertz CT molecular complexity index is 389. The minimum atomic E-state index is -4.20. The summed E-state index contributed by atoms with van der Waals surface area (Å²) in [5.41, 5.74) is 0.824. The molecular formula is C11H12BrClF3NO. The molecule has 0 aliphatic heterocycles. The molecule has 7 heteroatoms. The van der Waals surface area contributed by atoms with Gasteiger partial charge in [-0.25, -0.2) is 0 Å². The van der Waals surface area contributed by atoms with Crippen LogP contribution in [0.15, 0.2) is 16.6 Å². The highest BCUT2D eigenvalue weighted by molar-refractivity contribution is 9.10. The Balaban J connectivity index is 2.41. The van der Waals surface area contributed by atoms with Gasteiger partial charge in [0.1, 0.15) is 12.4 Å². The van der Waals surface area contributed by atoms with Crippen LogP contribution in [-0.2, 0) is 0 Å². The summed E-state index contributed by atoms with van der Waals surface area (Å²) in [7, 11) is 0. The zero-order valence-electron chi connectivity index (χ0n) is 9.57. The van der Waals surface area contributed by atoms with Gasteiger partial charge in [0.05, 0.1) is 11.6 Å². The minimum absolute atomic E-state index is 0.103. The molecule has 1 N–H and O–H groups in total. The van der Waals surface area contributed by atoms with Crippen LogP contribution < -0.4 is 10.1 Å². The van der Waals surface area contributed by atoms with Crippen LogP contribution in [-0.4, -0.2) is 25.9 Å². The molecule has 1 aromatic carbocycles. The molecule has 2 nitrogen and oxygen atoms in total. The first-order valence-corrected chi connectivity index (χ1v) is 6.32. The summed E-state index contributed by atoms with van der Waals surface area (Å²) < 4.78 is 41.7. The highest BCUT2D eigenvalue weighted by atomic mass is 79.9. The zero-order chi connectivity index (χ0) is 13.8. The molecule has 0 aliphatic carbocycles. The van der Waals surface area contributed by atoms with Gasteiger partial charge in [0, 0.05) is 11.0 Å². The van der Waals surface area contributed by atoms with Crippen LogP contribution in [0.2, 0.25) is 5.02 Å². The number of benzene rings is 1. The average molecular weight is 347 g/mol. The van der Waals surface area contributed by atoms with Crippen molar-refractivity contribution in [3.05, 3.63) is 27.2 Å². The van der Waals surface area contributed by atoms with E-state index in [4.69, 9.17) is 16.3 Å². The average Bonchev–Trinajstić information content (AvgIpc) is 2.19. The van der Waals surface area contributed by atoms with E-state index in [9.17, 15) is 13.2 Å². The number of hydrogen-bond donors (Lipinski definition) is 1. The summed E-state index contributed by atoms with van der Waals surface area (Å²) in [5.74, 6) is 0.494. The standard InChI is InChI=1S/C11H12BrClF3NO/c1-7-4-8(12)5-9(13)10(7)18-3-2-17-6-11(14,15)16/h4-5,17H,2-3,6H2,1H3. The third-order valence-corrected chi connectivity index (χ3v) is 2.78. The number of hydrogen-bond acceptors (Lipinski definition) is 2. The third-order valence-electron chi connectivity index (χ3n) is 2.04. The Morgan fingerprint density at radius 2 is 2.06 bits per heavy atom. The number of halogens is 5. The van der Waals surface area contributed by atoms with E-state index in [-0.39, 0.29) is 13.2 Å². The lowest BCUT2D eigenvalue weighted by Gasteiger charge is -2.12. The fourth-order valence-electron chi connectivity index (χ4n) is 1.33. The van der Waals surface area contributed by atoms with Gasteiger partial charge in [0.2, 0.25) is 0 Å². The van der Waals surface area contributed by atoms with E-state index in [1.165, 1.54) is 0 Å². The molecule has 0 aromatic heterocycles. The van der Waals surface area contributed by atoms with Crippen molar-refractivity contribution in [2.75, 3.05) is 19.7 Å². The van der Waals surface area contributed by atoms with E-state index in [1.807, 2.05) is 13.0 Å². The van der Waals surface area contributed by atoms with E-state index in [0.717, 1.165) is 10.0 Å². The smallest absolute Gasteiger partial charge is 0.401 e. The third kappa shape index (κ3) is 5.46. The minimum Gasteiger partial charge on any atom is -0.490 e. The Labute approximate surface area is 117 Å². The lowest BCUT2D eigenvalue weighted by Crippen LogP contribution is -2.31. The van der Waals surface area contributed by atoms with Gasteiger partial charge in [-0.05, 0) is 24.6 Å². The van der Waals surface area contributed by atoms with Crippen molar-refractivity contribution in [3.63, 3.8) is 0 Å². The molecule has 1 rings (SSSR count). The molecule has 0 fully saturated rings. The summed E-state index contributed by atoms with van der Waals surface area (Å²) in [6, 6.07) is 3.50. The van der Waals surface area contributed by atoms with Crippen molar-refractivity contribution < 1.29 is 17.9 Å². The maximum Gasteiger partial charge on any atom is 0.401 e. The van der Waals surface area contributed by atoms with Crippen molar-refractivity contribution in [1.82, 2.24) is 5.32 Å². The normalized spacial score (nSPS) is 11.7. The largest absolute Gasteiger partial charge is 0.490 e. The number of nitrogens with one attached hydrogen (secondary N) is 1. The second-order valence-electron chi connectivity index (χ2n) is 3.67. The summed E-state index contributed by atoms with van der Waals surface area (Å²) in [6.07, 6.45) is -4.20. The van der Waals surface area contributed by atoms with Gasteiger partial charge in [0.15, 0.2) is 0 Å². The van der Waals surface area contributed by atoms with Crippen LogP contribution in [0, 0.1) is 6.92 Å². The molecule has 18 heavy (non-hydrogen) atoms. The molecule has 0 amide bonds. The first kappa shape index (κ1) is 15.6. The second-order valence-corrected chi connectivity index (χ2v) is 5.00.